The van der Waals surface area contributed by atoms with Crippen LogP contribution in [0.3, 0.4) is 0 Å². The van der Waals surface area contributed by atoms with Crippen LogP contribution in [0.15, 0.2) is 16.9 Å². The number of carbonyl (C=O) groups is 1. The molecule has 102 valence electrons. The number of rotatable bonds is 3. The average Bonchev–Trinajstić information content (AvgIpc) is 2.84. The summed E-state index contributed by atoms with van der Waals surface area (Å²) in [6.07, 6.45) is 3.47. The van der Waals surface area contributed by atoms with Crippen LogP contribution in [0.5, 0.6) is 0 Å². The second-order valence-electron chi connectivity index (χ2n) is 4.53. The molecule has 0 aliphatic rings. The van der Waals surface area contributed by atoms with Crippen molar-refractivity contribution in [2.24, 2.45) is 14.1 Å². The third-order valence-electron chi connectivity index (χ3n) is 2.99. The quantitative estimate of drug-likeness (QED) is 0.859. The molecule has 6 nitrogen and oxygen atoms in total. The SMILES string of the molecule is Cc1nn(C)cc1C(=O)N(C)Cc1c(Br)cnn1C. The van der Waals surface area contributed by atoms with E-state index in [9.17, 15) is 4.79 Å². The van der Waals surface area contributed by atoms with Crippen LogP contribution in [0.25, 0.3) is 0 Å². The van der Waals surface area contributed by atoms with Gasteiger partial charge in [0.15, 0.2) is 0 Å². The predicted octanol–water partition coefficient (Wildman–Crippen LogP) is 1.50. The van der Waals surface area contributed by atoms with E-state index in [4.69, 9.17) is 0 Å². The van der Waals surface area contributed by atoms with Gasteiger partial charge in [-0.15, -0.1) is 0 Å². The van der Waals surface area contributed by atoms with E-state index >= 15 is 0 Å². The molecule has 0 aromatic carbocycles. The lowest BCUT2D eigenvalue weighted by atomic mass is 10.2. The fourth-order valence-corrected chi connectivity index (χ4v) is 2.40. The Kier molecular flexibility index (Phi) is 3.75. The molecule has 2 aromatic rings. The molecule has 0 radical (unpaired) electrons. The first kappa shape index (κ1) is 13.8. The van der Waals surface area contributed by atoms with Gasteiger partial charge in [-0.05, 0) is 22.9 Å². The van der Waals surface area contributed by atoms with Crippen LogP contribution >= 0.6 is 15.9 Å². The summed E-state index contributed by atoms with van der Waals surface area (Å²) in [5.41, 5.74) is 2.32. The molecule has 0 spiro atoms. The lowest BCUT2D eigenvalue weighted by Gasteiger charge is -2.17. The van der Waals surface area contributed by atoms with Gasteiger partial charge in [-0.2, -0.15) is 10.2 Å². The van der Waals surface area contributed by atoms with Gasteiger partial charge in [0, 0.05) is 27.3 Å². The molecule has 2 aromatic heterocycles. The molecule has 0 unspecified atom stereocenters. The normalized spacial score (nSPS) is 10.8. The molecule has 0 aliphatic heterocycles. The minimum atomic E-state index is -0.0429. The number of hydrogen-bond acceptors (Lipinski definition) is 3. The van der Waals surface area contributed by atoms with Gasteiger partial charge in [0.05, 0.1) is 34.2 Å². The van der Waals surface area contributed by atoms with Gasteiger partial charge in [-0.25, -0.2) is 0 Å². The lowest BCUT2D eigenvalue weighted by Crippen LogP contribution is -2.27. The van der Waals surface area contributed by atoms with Gasteiger partial charge in [0.2, 0.25) is 0 Å². The van der Waals surface area contributed by atoms with Crippen molar-refractivity contribution in [3.63, 3.8) is 0 Å². The van der Waals surface area contributed by atoms with Gasteiger partial charge in [0.1, 0.15) is 0 Å². The average molecular weight is 326 g/mol. The fraction of sp³-hybridized carbons (Fsp3) is 0.417. The van der Waals surface area contributed by atoms with E-state index in [1.165, 1.54) is 0 Å². The summed E-state index contributed by atoms with van der Waals surface area (Å²) >= 11 is 3.43. The summed E-state index contributed by atoms with van der Waals surface area (Å²) in [6, 6.07) is 0. The molecule has 0 bridgehead atoms. The van der Waals surface area contributed by atoms with E-state index < -0.39 is 0 Å². The largest absolute Gasteiger partial charge is 0.336 e. The second-order valence-corrected chi connectivity index (χ2v) is 5.38. The summed E-state index contributed by atoms with van der Waals surface area (Å²) in [5, 5.41) is 8.33. The highest BCUT2D eigenvalue weighted by molar-refractivity contribution is 9.10. The Labute approximate surface area is 120 Å². The van der Waals surface area contributed by atoms with Crippen molar-refractivity contribution in [3.8, 4) is 0 Å². The van der Waals surface area contributed by atoms with Crippen molar-refractivity contribution in [2.75, 3.05) is 7.05 Å². The maximum Gasteiger partial charge on any atom is 0.257 e. The molecular formula is C12H16BrN5O. The highest BCUT2D eigenvalue weighted by atomic mass is 79.9. The third-order valence-corrected chi connectivity index (χ3v) is 3.65. The molecule has 0 fully saturated rings. The maximum atomic E-state index is 12.4. The third kappa shape index (κ3) is 2.70. The highest BCUT2D eigenvalue weighted by Crippen LogP contribution is 2.18. The first-order valence-electron chi connectivity index (χ1n) is 5.82. The van der Waals surface area contributed by atoms with Crippen LogP contribution in [0.2, 0.25) is 0 Å². The van der Waals surface area contributed by atoms with E-state index in [1.54, 1.807) is 33.7 Å². The summed E-state index contributed by atoms with van der Waals surface area (Å²) in [6.45, 7) is 2.32. The zero-order valence-electron chi connectivity index (χ0n) is 11.4. The lowest BCUT2D eigenvalue weighted by molar-refractivity contribution is 0.0781. The van der Waals surface area contributed by atoms with Crippen molar-refractivity contribution in [1.29, 1.82) is 0 Å². The highest BCUT2D eigenvalue weighted by Gasteiger charge is 2.19. The summed E-state index contributed by atoms with van der Waals surface area (Å²) in [4.78, 5) is 14.0. The Morgan fingerprint density at radius 3 is 2.63 bits per heavy atom. The van der Waals surface area contributed by atoms with E-state index in [1.807, 2.05) is 21.0 Å². The Bertz CT molecular complexity index is 596. The minimum absolute atomic E-state index is 0.0429. The van der Waals surface area contributed by atoms with Gasteiger partial charge in [0.25, 0.3) is 5.91 Å². The second kappa shape index (κ2) is 5.16. The molecule has 0 N–H and O–H groups in total. The summed E-state index contributed by atoms with van der Waals surface area (Å²) in [5.74, 6) is -0.0429. The zero-order chi connectivity index (χ0) is 14.2. The topological polar surface area (TPSA) is 56.0 Å². The molecule has 0 aliphatic carbocycles. The standard InChI is InChI=1S/C12H16BrN5O/c1-8-9(6-17(3)15-8)12(19)16(2)7-11-10(13)5-14-18(11)4/h5-6H,7H2,1-4H3. The van der Waals surface area contributed by atoms with Crippen LogP contribution in [0, 0.1) is 6.92 Å². The number of aryl methyl sites for hydroxylation is 3. The maximum absolute atomic E-state index is 12.4. The number of nitrogens with zero attached hydrogens (tertiary/aromatic N) is 5. The Morgan fingerprint density at radius 1 is 1.47 bits per heavy atom. The number of carbonyl (C=O) groups excluding carboxylic acids is 1. The van der Waals surface area contributed by atoms with Crippen LogP contribution in [-0.2, 0) is 20.6 Å². The van der Waals surface area contributed by atoms with E-state index in [2.05, 4.69) is 26.1 Å². The molecule has 0 saturated heterocycles. The summed E-state index contributed by atoms with van der Waals surface area (Å²) in [7, 11) is 5.43. The van der Waals surface area contributed by atoms with Crippen LogP contribution in [0.4, 0.5) is 0 Å². The zero-order valence-corrected chi connectivity index (χ0v) is 13.0. The van der Waals surface area contributed by atoms with Crippen molar-refractivity contribution in [1.82, 2.24) is 24.5 Å². The van der Waals surface area contributed by atoms with E-state index in [0.29, 0.717) is 12.1 Å². The van der Waals surface area contributed by atoms with Crippen molar-refractivity contribution in [3.05, 3.63) is 33.8 Å². The number of hydrogen-bond donors (Lipinski definition) is 0. The predicted molar refractivity (Wildman–Crippen MR) is 74.7 cm³/mol. The van der Waals surface area contributed by atoms with Crippen LogP contribution in [-0.4, -0.2) is 37.4 Å². The van der Waals surface area contributed by atoms with Crippen molar-refractivity contribution < 1.29 is 4.79 Å². The Hall–Kier alpha value is -1.63. The van der Waals surface area contributed by atoms with Gasteiger partial charge >= 0.3 is 0 Å². The number of amides is 1. The van der Waals surface area contributed by atoms with Gasteiger partial charge in [-0.3, -0.25) is 14.2 Å². The monoisotopic (exact) mass is 325 g/mol. The molecule has 1 amide bonds. The molecule has 0 saturated carbocycles. The number of aromatic nitrogens is 4. The summed E-state index contributed by atoms with van der Waals surface area (Å²) < 4.78 is 4.30. The molecule has 7 heteroatoms. The van der Waals surface area contributed by atoms with Gasteiger partial charge in [-0.1, -0.05) is 0 Å². The molecule has 19 heavy (non-hydrogen) atoms. The molecule has 2 heterocycles. The molecular weight excluding hydrogens is 310 g/mol. The smallest absolute Gasteiger partial charge is 0.257 e. The van der Waals surface area contributed by atoms with E-state index in [-0.39, 0.29) is 5.91 Å². The molecule has 2 rings (SSSR count). The first-order valence-corrected chi connectivity index (χ1v) is 6.61. The Morgan fingerprint density at radius 2 is 2.16 bits per heavy atom. The first-order chi connectivity index (χ1) is 8.90. The van der Waals surface area contributed by atoms with Crippen LogP contribution < -0.4 is 0 Å². The van der Waals surface area contributed by atoms with E-state index in [0.717, 1.165) is 15.9 Å². The van der Waals surface area contributed by atoms with Crippen molar-refractivity contribution >= 4 is 21.8 Å². The van der Waals surface area contributed by atoms with Crippen LogP contribution in [0.1, 0.15) is 21.7 Å². The molecule has 0 atom stereocenters. The van der Waals surface area contributed by atoms with Gasteiger partial charge < -0.3 is 4.90 Å². The van der Waals surface area contributed by atoms with Crippen molar-refractivity contribution in [2.45, 2.75) is 13.5 Å². The Balaban J connectivity index is 2.19. The fourth-order valence-electron chi connectivity index (χ4n) is 1.93. The minimum Gasteiger partial charge on any atom is -0.336 e. The number of halogens is 1.